The maximum Gasteiger partial charge on any atom is 0.261 e. The van der Waals surface area contributed by atoms with Crippen molar-refractivity contribution in [1.82, 2.24) is 0 Å². The van der Waals surface area contributed by atoms with Gasteiger partial charge < -0.3 is 5.32 Å². The number of anilines is 2. The van der Waals surface area contributed by atoms with Crippen LogP contribution in [0, 0.1) is 6.92 Å². The van der Waals surface area contributed by atoms with E-state index in [4.69, 9.17) is 0 Å². The minimum atomic E-state index is -3.64. The molecule has 22 heavy (non-hydrogen) atoms. The summed E-state index contributed by atoms with van der Waals surface area (Å²) in [6.07, 6.45) is 0.360. The molecule has 0 saturated heterocycles. The van der Waals surface area contributed by atoms with E-state index >= 15 is 0 Å². The van der Waals surface area contributed by atoms with E-state index in [2.05, 4.69) is 10.0 Å². The summed E-state index contributed by atoms with van der Waals surface area (Å²) in [5.41, 5.74) is 1.94. The SMILES string of the molecule is CCC(=O)Nc1cccc(NS(=O)(=O)c2ccc(C)cc2)c1. The standard InChI is InChI=1S/C16H18N2O3S/c1-3-16(19)17-13-5-4-6-14(11-13)18-22(20,21)15-9-7-12(2)8-10-15/h4-11,18H,3H2,1-2H3,(H,17,19). The monoisotopic (exact) mass is 318 g/mol. The number of carbonyl (C=O) groups excluding carboxylic acids is 1. The first-order valence-corrected chi connectivity index (χ1v) is 8.38. The molecule has 2 rings (SSSR count). The Kier molecular flexibility index (Phi) is 4.82. The van der Waals surface area contributed by atoms with Gasteiger partial charge in [-0.2, -0.15) is 0 Å². The lowest BCUT2D eigenvalue weighted by atomic mass is 10.2. The summed E-state index contributed by atoms with van der Waals surface area (Å²) in [6, 6.07) is 13.2. The van der Waals surface area contributed by atoms with E-state index in [0.717, 1.165) is 5.56 Å². The highest BCUT2D eigenvalue weighted by Crippen LogP contribution is 2.20. The minimum absolute atomic E-state index is 0.126. The highest BCUT2D eigenvalue weighted by molar-refractivity contribution is 7.92. The van der Waals surface area contributed by atoms with E-state index in [-0.39, 0.29) is 10.8 Å². The quantitative estimate of drug-likeness (QED) is 0.889. The van der Waals surface area contributed by atoms with E-state index in [1.165, 1.54) is 0 Å². The molecule has 6 heteroatoms. The minimum Gasteiger partial charge on any atom is -0.326 e. The summed E-state index contributed by atoms with van der Waals surface area (Å²) < 4.78 is 27.1. The summed E-state index contributed by atoms with van der Waals surface area (Å²) in [4.78, 5) is 11.6. The van der Waals surface area contributed by atoms with E-state index < -0.39 is 10.0 Å². The topological polar surface area (TPSA) is 75.3 Å². The first-order valence-electron chi connectivity index (χ1n) is 6.90. The fraction of sp³-hybridized carbons (Fsp3) is 0.188. The van der Waals surface area contributed by atoms with Crippen molar-refractivity contribution in [2.75, 3.05) is 10.0 Å². The number of nitrogens with one attached hydrogen (secondary N) is 2. The van der Waals surface area contributed by atoms with E-state index in [1.807, 2.05) is 6.92 Å². The number of hydrogen-bond acceptors (Lipinski definition) is 3. The lowest BCUT2D eigenvalue weighted by molar-refractivity contribution is -0.115. The van der Waals surface area contributed by atoms with Crippen molar-refractivity contribution in [1.29, 1.82) is 0 Å². The Labute approximate surface area is 130 Å². The van der Waals surface area contributed by atoms with Gasteiger partial charge in [-0.05, 0) is 37.3 Å². The Balaban J connectivity index is 2.21. The van der Waals surface area contributed by atoms with Crippen molar-refractivity contribution < 1.29 is 13.2 Å². The smallest absolute Gasteiger partial charge is 0.261 e. The first kappa shape index (κ1) is 16.0. The molecule has 0 atom stereocenters. The summed E-state index contributed by atoms with van der Waals surface area (Å²) in [5, 5.41) is 2.69. The molecule has 5 nitrogen and oxygen atoms in total. The Morgan fingerprint density at radius 3 is 2.32 bits per heavy atom. The molecule has 116 valence electrons. The Morgan fingerprint density at radius 2 is 1.68 bits per heavy atom. The summed E-state index contributed by atoms with van der Waals surface area (Å²) >= 11 is 0. The molecule has 0 radical (unpaired) electrons. The van der Waals surface area contributed by atoms with Gasteiger partial charge in [0.05, 0.1) is 10.6 Å². The predicted molar refractivity (Wildman–Crippen MR) is 87.4 cm³/mol. The molecule has 0 bridgehead atoms. The molecule has 0 aliphatic carbocycles. The molecular formula is C16H18N2O3S. The number of rotatable bonds is 5. The van der Waals surface area contributed by atoms with Crippen molar-refractivity contribution in [3.8, 4) is 0 Å². The molecule has 0 saturated carbocycles. The van der Waals surface area contributed by atoms with E-state index in [9.17, 15) is 13.2 Å². The van der Waals surface area contributed by atoms with Crippen LogP contribution in [0.3, 0.4) is 0 Å². The van der Waals surface area contributed by atoms with Crippen LogP contribution >= 0.6 is 0 Å². The second-order valence-electron chi connectivity index (χ2n) is 4.90. The highest BCUT2D eigenvalue weighted by atomic mass is 32.2. The van der Waals surface area contributed by atoms with E-state index in [1.54, 1.807) is 55.5 Å². The normalized spacial score (nSPS) is 11.0. The molecule has 2 N–H and O–H groups in total. The maximum atomic E-state index is 12.3. The third-order valence-corrected chi connectivity index (χ3v) is 4.45. The summed E-state index contributed by atoms with van der Waals surface area (Å²) in [6.45, 7) is 3.64. The molecule has 0 unspecified atom stereocenters. The number of carbonyl (C=O) groups is 1. The number of aryl methyl sites for hydroxylation is 1. The number of sulfonamides is 1. The zero-order valence-corrected chi connectivity index (χ0v) is 13.3. The molecule has 0 aromatic heterocycles. The molecule has 2 aromatic carbocycles. The van der Waals surface area contributed by atoms with Crippen molar-refractivity contribution in [2.45, 2.75) is 25.2 Å². The van der Waals surface area contributed by atoms with Gasteiger partial charge in [0.15, 0.2) is 0 Å². The molecule has 0 aliphatic heterocycles. The van der Waals surface area contributed by atoms with Crippen LogP contribution in [0.4, 0.5) is 11.4 Å². The third-order valence-electron chi connectivity index (χ3n) is 3.05. The molecular weight excluding hydrogens is 300 g/mol. The first-order chi connectivity index (χ1) is 10.4. The zero-order valence-electron chi connectivity index (χ0n) is 12.5. The fourth-order valence-corrected chi connectivity index (χ4v) is 2.89. The summed E-state index contributed by atoms with van der Waals surface area (Å²) in [5.74, 6) is -0.126. The van der Waals surface area contributed by atoms with Crippen LogP contribution < -0.4 is 10.0 Å². The second kappa shape index (κ2) is 6.62. The molecule has 2 aromatic rings. The average Bonchev–Trinajstić information content (AvgIpc) is 2.47. The zero-order chi connectivity index (χ0) is 16.2. The van der Waals surface area contributed by atoms with Gasteiger partial charge in [0, 0.05) is 12.1 Å². The van der Waals surface area contributed by atoms with Gasteiger partial charge in [0.2, 0.25) is 5.91 Å². The molecule has 1 amide bonds. The van der Waals surface area contributed by atoms with Gasteiger partial charge in [0.1, 0.15) is 0 Å². The Morgan fingerprint density at radius 1 is 1.05 bits per heavy atom. The summed E-state index contributed by atoms with van der Waals surface area (Å²) in [7, 11) is -3.64. The molecule has 0 heterocycles. The van der Waals surface area contributed by atoms with Crippen LogP contribution in [0.25, 0.3) is 0 Å². The lowest BCUT2D eigenvalue weighted by Gasteiger charge is -2.10. The van der Waals surface area contributed by atoms with Crippen molar-refractivity contribution in [3.63, 3.8) is 0 Å². The average molecular weight is 318 g/mol. The lowest BCUT2D eigenvalue weighted by Crippen LogP contribution is -2.14. The van der Waals surface area contributed by atoms with Crippen LogP contribution in [0.15, 0.2) is 53.4 Å². The largest absolute Gasteiger partial charge is 0.326 e. The van der Waals surface area contributed by atoms with Crippen molar-refractivity contribution >= 4 is 27.3 Å². The van der Waals surface area contributed by atoms with Crippen LogP contribution in [0.5, 0.6) is 0 Å². The maximum absolute atomic E-state index is 12.3. The third kappa shape index (κ3) is 4.08. The Bertz CT molecular complexity index is 768. The number of hydrogen-bond donors (Lipinski definition) is 2. The van der Waals surface area contributed by atoms with Crippen molar-refractivity contribution in [3.05, 3.63) is 54.1 Å². The fourth-order valence-electron chi connectivity index (χ4n) is 1.84. The second-order valence-corrected chi connectivity index (χ2v) is 6.58. The van der Waals surface area contributed by atoms with Crippen LogP contribution in [-0.4, -0.2) is 14.3 Å². The van der Waals surface area contributed by atoms with Crippen molar-refractivity contribution in [2.24, 2.45) is 0 Å². The van der Waals surface area contributed by atoms with Gasteiger partial charge in [-0.3, -0.25) is 9.52 Å². The van der Waals surface area contributed by atoms with Gasteiger partial charge in [-0.15, -0.1) is 0 Å². The van der Waals surface area contributed by atoms with E-state index in [0.29, 0.717) is 17.8 Å². The van der Waals surface area contributed by atoms with Crippen LogP contribution in [0.2, 0.25) is 0 Å². The molecule has 0 fully saturated rings. The van der Waals surface area contributed by atoms with Gasteiger partial charge >= 0.3 is 0 Å². The van der Waals surface area contributed by atoms with Crippen LogP contribution in [-0.2, 0) is 14.8 Å². The van der Waals surface area contributed by atoms with Gasteiger partial charge in [-0.1, -0.05) is 30.7 Å². The predicted octanol–water partition coefficient (Wildman–Crippen LogP) is 3.14. The van der Waals surface area contributed by atoms with Gasteiger partial charge in [-0.25, -0.2) is 8.42 Å². The van der Waals surface area contributed by atoms with Gasteiger partial charge in [0.25, 0.3) is 10.0 Å². The Hall–Kier alpha value is -2.34. The number of amides is 1. The molecule has 0 spiro atoms. The number of benzene rings is 2. The molecule has 0 aliphatic rings. The van der Waals surface area contributed by atoms with Crippen LogP contribution in [0.1, 0.15) is 18.9 Å². The highest BCUT2D eigenvalue weighted by Gasteiger charge is 2.14.